The van der Waals surface area contributed by atoms with Crippen LogP contribution in [0.2, 0.25) is 0 Å². The molecule has 0 aliphatic carbocycles. The molecule has 0 aromatic heterocycles. The average molecular weight is 887 g/mol. The van der Waals surface area contributed by atoms with Crippen molar-refractivity contribution in [2.75, 3.05) is 37.9 Å². The van der Waals surface area contributed by atoms with Gasteiger partial charge in [0.05, 0.1) is 30.0 Å². The standard InChI is InChI=1S/C47H46N6O12/c1-64-38-16-10-24(19-35(38)55)40-32-7-3-5-17-50(32)47(29-22-27(53(62)63)12-14-31(29)49-45(47)59)43(40)37(57)23-36(56)41-33-8-4-6-18-51(33)46(42(41)25-9-15-34(54)39(20-25)65-2)28-21-26(52(60)61)11-13-30(28)48-44(46)58/h9-16,19-23,32-33,40-43,54-56H,3-8,17-18H2,1-2H3,(H,48,58)(H,49,59). The summed E-state index contributed by atoms with van der Waals surface area (Å²) in [6, 6.07) is 16.6. The van der Waals surface area contributed by atoms with E-state index in [1.54, 1.807) is 24.3 Å². The van der Waals surface area contributed by atoms with Crippen molar-refractivity contribution >= 4 is 40.3 Å². The van der Waals surface area contributed by atoms with E-state index in [1.165, 1.54) is 62.8 Å². The number of aliphatic hydroxyl groups is 1. The van der Waals surface area contributed by atoms with Gasteiger partial charge in [0.25, 0.3) is 11.4 Å². The van der Waals surface area contributed by atoms with E-state index in [9.17, 15) is 45.1 Å². The molecule has 6 aliphatic rings. The number of ether oxygens (including phenoxy) is 2. The van der Waals surface area contributed by atoms with E-state index in [-0.39, 0.29) is 39.9 Å². The lowest BCUT2D eigenvalue weighted by Gasteiger charge is -2.41. The van der Waals surface area contributed by atoms with Crippen molar-refractivity contribution in [3.63, 3.8) is 0 Å². The number of hydrogen-bond donors (Lipinski definition) is 5. The second kappa shape index (κ2) is 15.3. The van der Waals surface area contributed by atoms with Crippen LogP contribution in [-0.2, 0) is 25.5 Å². The number of hydrogen-bond acceptors (Lipinski definition) is 14. The Kier molecular flexibility index (Phi) is 9.87. The maximum atomic E-state index is 15.8. The minimum atomic E-state index is -1.79. The largest absolute Gasteiger partial charge is 0.512 e. The van der Waals surface area contributed by atoms with Gasteiger partial charge in [0.2, 0.25) is 11.8 Å². The number of piperidine rings is 2. The summed E-state index contributed by atoms with van der Waals surface area (Å²) in [6.45, 7) is 0.733. The number of carbonyl (C=O) groups is 3. The zero-order chi connectivity index (χ0) is 45.7. The molecule has 2 amide bonds. The number of aliphatic hydroxyl groups excluding tert-OH is 1. The van der Waals surface area contributed by atoms with Gasteiger partial charge in [-0.1, -0.05) is 25.0 Å². The van der Waals surface area contributed by atoms with Crippen molar-refractivity contribution in [2.24, 2.45) is 11.8 Å². The Balaban J connectivity index is 1.20. The smallest absolute Gasteiger partial charge is 0.269 e. The number of methoxy groups -OCH3 is 2. The molecule has 18 nitrogen and oxygen atoms in total. The van der Waals surface area contributed by atoms with Crippen molar-refractivity contribution in [2.45, 2.75) is 73.5 Å². The van der Waals surface area contributed by atoms with Crippen molar-refractivity contribution in [3.05, 3.63) is 127 Å². The average Bonchev–Trinajstić information content (AvgIpc) is 3.98. The van der Waals surface area contributed by atoms with Crippen molar-refractivity contribution in [1.29, 1.82) is 0 Å². The molecule has 2 spiro atoms. The molecule has 4 aromatic carbocycles. The van der Waals surface area contributed by atoms with Gasteiger partial charge < -0.3 is 35.4 Å². The molecule has 4 aromatic rings. The second-order valence-corrected chi connectivity index (χ2v) is 17.8. The number of nitro groups is 2. The molecular formula is C47H46N6O12. The maximum absolute atomic E-state index is 15.8. The Morgan fingerprint density at radius 2 is 1.29 bits per heavy atom. The molecule has 65 heavy (non-hydrogen) atoms. The number of nitro benzene ring substituents is 2. The predicted molar refractivity (Wildman–Crippen MR) is 233 cm³/mol. The highest BCUT2D eigenvalue weighted by Crippen LogP contribution is 2.64. The summed E-state index contributed by atoms with van der Waals surface area (Å²) in [4.78, 5) is 73.1. The summed E-state index contributed by atoms with van der Waals surface area (Å²) >= 11 is 0. The van der Waals surface area contributed by atoms with Crippen molar-refractivity contribution in [1.82, 2.24) is 9.80 Å². The summed E-state index contributed by atoms with van der Waals surface area (Å²) < 4.78 is 10.9. The second-order valence-electron chi connectivity index (χ2n) is 17.8. The quantitative estimate of drug-likeness (QED) is 0.0523. The molecule has 0 saturated carbocycles. The van der Waals surface area contributed by atoms with Crippen LogP contribution in [0.15, 0.2) is 84.6 Å². The third-order valence-corrected chi connectivity index (χ3v) is 15.0. The van der Waals surface area contributed by atoms with Crippen LogP contribution in [0.1, 0.15) is 72.6 Å². The van der Waals surface area contributed by atoms with E-state index < -0.39 is 80.0 Å². The zero-order valence-corrected chi connectivity index (χ0v) is 35.4. The van der Waals surface area contributed by atoms with Crippen LogP contribution in [-0.4, -0.2) is 92.0 Å². The lowest BCUT2D eigenvalue weighted by Crippen LogP contribution is -2.55. The summed E-state index contributed by atoms with van der Waals surface area (Å²) in [5.41, 5.74) is -1.75. The van der Waals surface area contributed by atoms with Gasteiger partial charge in [-0.05, 0) is 86.3 Å². The topological polar surface area (TPSA) is 247 Å². The third-order valence-electron chi connectivity index (χ3n) is 15.0. The van der Waals surface area contributed by atoms with E-state index in [4.69, 9.17) is 9.47 Å². The molecule has 8 atom stereocenters. The number of carbonyl (C=O) groups excluding carboxylic acids is 3. The Morgan fingerprint density at radius 1 is 0.723 bits per heavy atom. The number of nitrogens with zero attached hydrogens (tertiary/aromatic N) is 4. The summed E-state index contributed by atoms with van der Waals surface area (Å²) in [7, 11) is 2.78. The van der Waals surface area contributed by atoms with Crippen LogP contribution in [0, 0.1) is 32.1 Å². The van der Waals surface area contributed by atoms with E-state index in [1.807, 2.05) is 9.80 Å². The van der Waals surface area contributed by atoms with Gasteiger partial charge in [-0.25, -0.2) is 0 Å². The van der Waals surface area contributed by atoms with Crippen LogP contribution in [0.25, 0.3) is 0 Å². The number of aromatic hydroxyl groups is 2. The molecule has 5 N–H and O–H groups in total. The van der Waals surface area contributed by atoms with Crippen LogP contribution >= 0.6 is 0 Å². The predicted octanol–water partition coefficient (Wildman–Crippen LogP) is 6.47. The van der Waals surface area contributed by atoms with Crippen LogP contribution in [0.5, 0.6) is 23.0 Å². The number of nitrogens with one attached hydrogen (secondary N) is 2. The van der Waals surface area contributed by atoms with Crippen LogP contribution < -0.4 is 20.1 Å². The normalized spacial score (nSPS) is 29.2. The van der Waals surface area contributed by atoms with E-state index in [0.717, 1.165) is 12.5 Å². The number of allylic oxidation sites excluding steroid dienone is 1. The highest BCUT2D eigenvalue weighted by Gasteiger charge is 2.70. The number of benzene rings is 4. The first-order valence-corrected chi connectivity index (χ1v) is 21.7. The van der Waals surface area contributed by atoms with Gasteiger partial charge in [-0.2, -0.15) is 0 Å². The van der Waals surface area contributed by atoms with Gasteiger partial charge in [-0.15, -0.1) is 0 Å². The SMILES string of the molecule is COc1ccc(C2C3CCCCN3C3(C(=O)Nc4ccc([N+](=O)[O-])cc43)C2C(=O)C=C(O)C2C3CCCCN3C3(C(=O)Nc4ccc([N+](=O)[O-])cc43)C2c2ccc(O)c(OC)c2)cc1O. The molecule has 4 fully saturated rings. The van der Waals surface area contributed by atoms with Gasteiger partial charge >= 0.3 is 0 Å². The molecule has 6 aliphatic heterocycles. The van der Waals surface area contributed by atoms with Crippen molar-refractivity contribution in [3.8, 4) is 23.0 Å². The third kappa shape index (κ3) is 5.88. The van der Waals surface area contributed by atoms with E-state index >= 15 is 4.79 Å². The minimum Gasteiger partial charge on any atom is -0.512 e. The minimum absolute atomic E-state index is 0.0774. The lowest BCUT2D eigenvalue weighted by molar-refractivity contribution is -0.385. The molecule has 10 rings (SSSR count). The fourth-order valence-electron chi connectivity index (χ4n) is 12.6. The van der Waals surface area contributed by atoms with Crippen LogP contribution in [0.4, 0.5) is 22.7 Å². The molecule has 8 unspecified atom stereocenters. The van der Waals surface area contributed by atoms with Crippen molar-refractivity contribution < 1.29 is 49.0 Å². The van der Waals surface area contributed by atoms with Gasteiger partial charge in [-0.3, -0.25) is 44.4 Å². The monoisotopic (exact) mass is 886 g/mol. The van der Waals surface area contributed by atoms with Gasteiger partial charge in [0.1, 0.15) is 16.8 Å². The zero-order valence-electron chi connectivity index (χ0n) is 35.4. The molecule has 0 radical (unpaired) electrons. The van der Waals surface area contributed by atoms with Gasteiger partial charge in [0, 0.05) is 82.7 Å². The Hall–Kier alpha value is -7.05. The first-order valence-electron chi connectivity index (χ1n) is 21.7. The first kappa shape index (κ1) is 41.9. The number of fused-ring (bicyclic) bond motifs is 8. The molecule has 18 heteroatoms. The molecule has 336 valence electrons. The van der Waals surface area contributed by atoms with Gasteiger partial charge in [0.15, 0.2) is 28.8 Å². The molecule has 6 heterocycles. The number of non-ortho nitro benzene ring substituents is 2. The number of anilines is 2. The fourth-order valence-corrected chi connectivity index (χ4v) is 12.6. The number of amides is 2. The summed E-state index contributed by atoms with van der Waals surface area (Å²) in [6.07, 6.45) is 4.93. The highest BCUT2D eigenvalue weighted by molar-refractivity contribution is 6.12. The number of ketones is 1. The number of phenols is 2. The Morgan fingerprint density at radius 3 is 1.89 bits per heavy atom. The molecular weight excluding hydrogens is 841 g/mol. The van der Waals surface area contributed by atoms with Crippen LogP contribution in [0.3, 0.4) is 0 Å². The summed E-state index contributed by atoms with van der Waals surface area (Å²) in [5, 5.41) is 65.3. The van der Waals surface area contributed by atoms with E-state index in [2.05, 4.69) is 10.6 Å². The highest BCUT2D eigenvalue weighted by atomic mass is 16.6. The number of rotatable bonds is 9. The lowest BCUT2D eigenvalue weighted by atomic mass is 9.68. The Labute approximate surface area is 371 Å². The Bertz CT molecular complexity index is 2760. The van der Waals surface area contributed by atoms with E-state index in [0.29, 0.717) is 73.3 Å². The number of phenolic OH excluding ortho intramolecular Hbond substituents is 2. The fraction of sp³-hybridized carbons (Fsp3) is 0.383. The molecule has 4 saturated heterocycles. The molecule has 0 bridgehead atoms. The first-order chi connectivity index (χ1) is 31.3. The maximum Gasteiger partial charge on any atom is 0.269 e. The summed E-state index contributed by atoms with van der Waals surface area (Å²) in [5.74, 6) is -6.35.